The molecule has 0 unspecified atom stereocenters. The van der Waals surface area contributed by atoms with Crippen molar-refractivity contribution >= 4 is 10.9 Å². The molecule has 0 bridgehead atoms. The molecule has 1 aromatic heterocycles. The monoisotopic (exact) mass is 288 g/mol. The van der Waals surface area contributed by atoms with E-state index in [1.54, 1.807) is 0 Å². The highest BCUT2D eigenvalue weighted by molar-refractivity contribution is 5.83. The molecule has 3 aromatic rings. The number of benzene rings is 2. The number of nitrogens with one attached hydrogen (secondary N) is 1. The second-order valence-electron chi connectivity index (χ2n) is 5.69. The van der Waals surface area contributed by atoms with Gasteiger partial charge < -0.3 is 9.88 Å². The van der Waals surface area contributed by atoms with Gasteiger partial charge in [0.05, 0.1) is 0 Å². The van der Waals surface area contributed by atoms with Gasteiger partial charge in [0.1, 0.15) is 0 Å². The first kappa shape index (κ1) is 14.4. The third kappa shape index (κ3) is 3.21. The van der Waals surface area contributed by atoms with Gasteiger partial charge >= 0.3 is 0 Å². The summed E-state index contributed by atoms with van der Waals surface area (Å²) in [7, 11) is 2.16. The van der Waals surface area contributed by atoms with Gasteiger partial charge in [0.15, 0.2) is 0 Å². The summed E-state index contributed by atoms with van der Waals surface area (Å²) < 4.78 is 0. The second kappa shape index (κ2) is 6.51. The Labute approximate surface area is 131 Å². The minimum Gasteiger partial charge on any atom is -0.361 e. The molecule has 0 saturated carbocycles. The third-order valence-corrected chi connectivity index (χ3v) is 4.01. The Morgan fingerprint density at radius 1 is 1.09 bits per heavy atom. The maximum Gasteiger partial charge on any atom is 0.0456 e. The first-order chi connectivity index (χ1) is 10.8. The summed E-state index contributed by atoms with van der Waals surface area (Å²) in [5, 5.41) is 1.33. The van der Waals surface area contributed by atoms with Crippen molar-refractivity contribution in [3.05, 3.63) is 71.4 Å². The first-order valence-corrected chi connectivity index (χ1v) is 7.55. The van der Waals surface area contributed by atoms with Crippen LogP contribution in [0.3, 0.4) is 0 Å². The number of likely N-dealkylation sites (N-methyl/N-ethyl adjacent to an activating group) is 1. The molecule has 0 aliphatic rings. The molecule has 0 amide bonds. The Morgan fingerprint density at radius 3 is 2.64 bits per heavy atom. The van der Waals surface area contributed by atoms with E-state index in [1.807, 2.05) is 12.1 Å². The predicted octanol–water partition coefficient (Wildman–Crippen LogP) is 3.82. The number of fused-ring (bicyclic) bond motifs is 1. The summed E-state index contributed by atoms with van der Waals surface area (Å²) in [5.74, 6) is 2.65. The predicted molar refractivity (Wildman–Crippen MR) is 92.7 cm³/mol. The average molecular weight is 288 g/mol. The third-order valence-electron chi connectivity index (χ3n) is 4.01. The van der Waals surface area contributed by atoms with Gasteiger partial charge in [-0.3, -0.25) is 0 Å². The van der Waals surface area contributed by atoms with Crippen LogP contribution in [0.2, 0.25) is 0 Å². The molecular formula is C20H20N2. The van der Waals surface area contributed by atoms with E-state index in [2.05, 4.69) is 65.4 Å². The zero-order valence-electron chi connectivity index (χ0n) is 12.8. The average Bonchev–Trinajstić information content (AvgIpc) is 2.97. The Balaban J connectivity index is 1.60. The number of H-pyrrole nitrogens is 1. The SMILES string of the molecule is C#Cc1ccc(CN(C)CCc2c[nH]c3ccccc23)cc1. The lowest BCUT2D eigenvalue weighted by Crippen LogP contribution is -2.20. The highest BCUT2D eigenvalue weighted by atomic mass is 15.1. The molecular weight excluding hydrogens is 268 g/mol. The fraction of sp³-hybridized carbons (Fsp3) is 0.200. The molecule has 1 N–H and O–H groups in total. The van der Waals surface area contributed by atoms with Crippen LogP contribution < -0.4 is 0 Å². The Morgan fingerprint density at radius 2 is 1.86 bits per heavy atom. The molecule has 1 heterocycles. The van der Waals surface area contributed by atoms with Crippen LogP contribution in [0.5, 0.6) is 0 Å². The number of nitrogens with zero attached hydrogens (tertiary/aromatic N) is 1. The molecule has 0 aliphatic heterocycles. The fourth-order valence-corrected chi connectivity index (χ4v) is 2.75. The van der Waals surface area contributed by atoms with Crippen LogP contribution in [0.15, 0.2) is 54.7 Å². The van der Waals surface area contributed by atoms with Crippen LogP contribution in [0.4, 0.5) is 0 Å². The van der Waals surface area contributed by atoms with E-state index in [9.17, 15) is 0 Å². The smallest absolute Gasteiger partial charge is 0.0456 e. The van der Waals surface area contributed by atoms with E-state index in [0.717, 1.165) is 25.1 Å². The molecule has 0 spiro atoms. The number of para-hydroxylation sites is 1. The molecule has 0 fully saturated rings. The summed E-state index contributed by atoms with van der Waals surface area (Å²) in [6, 6.07) is 16.7. The molecule has 0 aliphatic carbocycles. The fourth-order valence-electron chi connectivity index (χ4n) is 2.75. The Bertz CT molecular complexity index is 790. The van der Waals surface area contributed by atoms with E-state index in [1.165, 1.54) is 22.0 Å². The summed E-state index contributed by atoms with van der Waals surface area (Å²) in [6.07, 6.45) is 8.55. The van der Waals surface area contributed by atoms with E-state index >= 15 is 0 Å². The molecule has 0 radical (unpaired) electrons. The zero-order chi connectivity index (χ0) is 15.4. The van der Waals surface area contributed by atoms with Crippen molar-refractivity contribution in [3.63, 3.8) is 0 Å². The van der Waals surface area contributed by atoms with E-state index < -0.39 is 0 Å². The topological polar surface area (TPSA) is 19.0 Å². The highest BCUT2D eigenvalue weighted by Gasteiger charge is 2.05. The minimum atomic E-state index is 0.935. The van der Waals surface area contributed by atoms with E-state index in [-0.39, 0.29) is 0 Å². The maximum atomic E-state index is 5.39. The number of aromatic amines is 1. The van der Waals surface area contributed by atoms with Gasteiger partial charge in [-0.15, -0.1) is 6.42 Å². The van der Waals surface area contributed by atoms with Crippen LogP contribution in [0.1, 0.15) is 16.7 Å². The van der Waals surface area contributed by atoms with Gasteiger partial charge in [0, 0.05) is 35.8 Å². The van der Waals surface area contributed by atoms with Gasteiger partial charge in [-0.2, -0.15) is 0 Å². The first-order valence-electron chi connectivity index (χ1n) is 7.55. The van der Waals surface area contributed by atoms with Crippen molar-refractivity contribution in [2.24, 2.45) is 0 Å². The molecule has 2 nitrogen and oxygen atoms in total. The maximum absolute atomic E-state index is 5.39. The Hall–Kier alpha value is -2.50. The molecule has 2 aromatic carbocycles. The van der Waals surface area contributed by atoms with Crippen molar-refractivity contribution in [1.29, 1.82) is 0 Å². The number of terminal acetylenes is 1. The highest BCUT2D eigenvalue weighted by Crippen LogP contribution is 2.18. The zero-order valence-corrected chi connectivity index (χ0v) is 12.8. The quantitative estimate of drug-likeness (QED) is 0.707. The molecule has 3 rings (SSSR count). The largest absolute Gasteiger partial charge is 0.361 e. The van der Waals surface area contributed by atoms with Crippen molar-refractivity contribution in [3.8, 4) is 12.3 Å². The number of hydrogen-bond acceptors (Lipinski definition) is 1. The summed E-state index contributed by atoms with van der Waals surface area (Å²) in [5.41, 5.74) is 4.82. The lowest BCUT2D eigenvalue weighted by atomic mass is 10.1. The minimum absolute atomic E-state index is 0.935. The summed E-state index contributed by atoms with van der Waals surface area (Å²) in [6.45, 7) is 1.96. The van der Waals surface area contributed by atoms with Gasteiger partial charge in [-0.1, -0.05) is 36.3 Å². The van der Waals surface area contributed by atoms with Crippen LogP contribution in [0.25, 0.3) is 10.9 Å². The second-order valence-corrected chi connectivity index (χ2v) is 5.69. The molecule has 110 valence electrons. The van der Waals surface area contributed by atoms with E-state index in [4.69, 9.17) is 6.42 Å². The van der Waals surface area contributed by atoms with Gasteiger partial charge in [0.25, 0.3) is 0 Å². The van der Waals surface area contributed by atoms with Crippen molar-refractivity contribution in [1.82, 2.24) is 9.88 Å². The Kier molecular flexibility index (Phi) is 4.27. The molecule has 2 heteroatoms. The summed E-state index contributed by atoms with van der Waals surface area (Å²) in [4.78, 5) is 5.68. The van der Waals surface area contributed by atoms with Crippen molar-refractivity contribution in [2.45, 2.75) is 13.0 Å². The molecule has 22 heavy (non-hydrogen) atoms. The lowest BCUT2D eigenvalue weighted by molar-refractivity contribution is 0.331. The van der Waals surface area contributed by atoms with Gasteiger partial charge in [-0.25, -0.2) is 0 Å². The number of rotatable bonds is 5. The van der Waals surface area contributed by atoms with Crippen LogP contribution in [-0.4, -0.2) is 23.5 Å². The van der Waals surface area contributed by atoms with Crippen molar-refractivity contribution < 1.29 is 0 Å². The summed E-state index contributed by atoms with van der Waals surface area (Å²) >= 11 is 0. The van der Waals surface area contributed by atoms with Gasteiger partial charge in [-0.05, 0) is 42.8 Å². The lowest BCUT2D eigenvalue weighted by Gasteiger charge is -2.16. The van der Waals surface area contributed by atoms with Crippen molar-refractivity contribution in [2.75, 3.05) is 13.6 Å². The van der Waals surface area contributed by atoms with Crippen LogP contribution in [-0.2, 0) is 13.0 Å². The van der Waals surface area contributed by atoms with Crippen LogP contribution >= 0.6 is 0 Å². The number of hydrogen-bond donors (Lipinski definition) is 1. The van der Waals surface area contributed by atoms with E-state index in [0.29, 0.717) is 0 Å². The molecule has 0 atom stereocenters. The standard InChI is InChI=1S/C20H20N2/c1-3-16-8-10-17(11-9-16)15-22(2)13-12-18-14-21-20-7-5-4-6-19(18)20/h1,4-11,14,21H,12-13,15H2,2H3. The normalized spacial score (nSPS) is 11.0. The van der Waals surface area contributed by atoms with Gasteiger partial charge in [0.2, 0.25) is 0 Å². The van der Waals surface area contributed by atoms with Crippen LogP contribution in [0, 0.1) is 12.3 Å². The number of aromatic nitrogens is 1. The molecule has 0 saturated heterocycles.